The van der Waals surface area contributed by atoms with Gasteiger partial charge in [-0.1, -0.05) is 32.1 Å². The molecule has 1 fully saturated rings. The normalized spacial score (nSPS) is 20.9. The molecule has 0 aromatic heterocycles. The van der Waals surface area contributed by atoms with Gasteiger partial charge < -0.3 is 5.73 Å². The molecule has 0 aliphatic heterocycles. The van der Waals surface area contributed by atoms with Gasteiger partial charge in [-0.3, -0.25) is 0 Å². The Morgan fingerprint density at radius 3 is 2.33 bits per heavy atom. The van der Waals surface area contributed by atoms with Crippen molar-refractivity contribution in [2.45, 2.75) is 70.8 Å². The molecule has 1 saturated carbocycles. The summed E-state index contributed by atoms with van der Waals surface area (Å²) in [6.07, 6.45) is 11.8. The molecule has 0 spiro atoms. The van der Waals surface area contributed by atoms with Crippen molar-refractivity contribution >= 4 is 0 Å². The average molecular weight is 207 g/mol. The van der Waals surface area contributed by atoms with Crippen molar-refractivity contribution in [3.8, 4) is 11.8 Å². The van der Waals surface area contributed by atoms with Crippen LogP contribution in [0.1, 0.15) is 64.7 Å². The molecule has 1 rings (SSSR count). The van der Waals surface area contributed by atoms with E-state index in [4.69, 9.17) is 5.73 Å². The van der Waals surface area contributed by atoms with Crippen LogP contribution in [-0.4, -0.2) is 6.04 Å². The minimum atomic E-state index is 0.393. The molecule has 2 N–H and O–H groups in total. The Bertz CT molecular complexity index is 203. The van der Waals surface area contributed by atoms with Gasteiger partial charge in [-0.25, -0.2) is 0 Å². The van der Waals surface area contributed by atoms with Crippen molar-refractivity contribution in [3.63, 3.8) is 0 Å². The van der Waals surface area contributed by atoms with E-state index in [-0.39, 0.29) is 0 Å². The Morgan fingerprint density at radius 2 is 1.73 bits per heavy atom. The molecule has 1 nitrogen and oxygen atoms in total. The van der Waals surface area contributed by atoms with E-state index in [1.165, 1.54) is 44.9 Å². The lowest BCUT2D eigenvalue weighted by molar-refractivity contribution is 0.314. The summed E-state index contributed by atoms with van der Waals surface area (Å²) < 4.78 is 0. The minimum Gasteiger partial charge on any atom is -0.327 e. The number of rotatable bonds is 3. The largest absolute Gasteiger partial charge is 0.327 e. The summed E-state index contributed by atoms with van der Waals surface area (Å²) in [6, 6.07) is 0.393. The van der Waals surface area contributed by atoms with Crippen molar-refractivity contribution in [2.24, 2.45) is 11.7 Å². The number of hydrogen-bond donors (Lipinski definition) is 1. The zero-order valence-electron chi connectivity index (χ0n) is 10.1. The van der Waals surface area contributed by atoms with Gasteiger partial charge in [-0.05, 0) is 32.1 Å². The summed E-state index contributed by atoms with van der Waals surface area (Å²) in [5.74, 6) is 6.83. The first-order chi connectivity index (χ1) is 7.34. The lowest BCUT2D eigenvalue weighted by Crippen LogP contribution is -2.30. The van der Waals surface area contributed by atoms with Gasteiger partial charge in [-0.2, -0.15) is 0 Å². The van der Waals surface area contributed by atoms with Crippen molar-refractivity contribution in [1.29, 1.82) is 0 Å². The topological polar surface area (TPSA) is 26.0 Å². The summed E-state index contributed by atoms with van der Waals surface area (Å²) in [4.78, 5) is 0. The van der Waals surface area contributed by atoms with Gasteiger partial charge in [0.25, 0.3) is 0 Å². The van der Waals surface area contributed by atoms with E-state index in [9.17, 15) is 0 Å². The van der Waals surface area contributed by atoms with Crippen LogP contribution in [0.3, 0.4) is 0 Å². The Balaban J connectivity index is 2.26. The van der Waals surface area contributed by atoms with Crippen LogP contribution in [0.5, 0.6) is 0 Å². The van der Waals surface area contributed by atoms with Crippen molar-refractivity contribution in [3.05, 3.63) is 0 Å². The fourth-order valence-corrected chi connectivity index (χ4v) is 2.52. The van der Waals surface area contributed by atoms with E-state index in [1.54, 1.807) is 0 Å². The molecular formula is C14H25N. The molecule has 1 aliphatic rings. The molecule has 1 unspecified atom stereocenters. The van der Waals surface area contributed by atoms with E-state index in [2.05, 4.69) is 11.8 Å². The molecule has 0 aromatic carbocycles. The maximum atomic E-state index is 6.24. The molecule has 0 heterocycles. The minimum absolute atomic E-state index is 0.393. The molecule has 0 amide bonds. The van der Waals surface area contributed by atoms with Crippen LogP contribution in [0.25, 0.3) is 0 Å². The first-order valence-corrected chi connectivity index (χ1v) is 6.49. The van der Waals surface area contributed by atoms with Crippen LogP contribution in [0.2, 0.25) is 0 Å². The van der Waals surface area contributed by atoms with Crippen LogP contribution < -0.4 is 5.73 Å². The smallest absolute Gasteiger partial charge is 0.0103 e. The predicted molar refractivity (Wildman–Crippen MR) is 66.5 cm³/mol. The predicted octanol–water partition coefficient (Wildman–Crippen LogP) is 3.48. The molecule has 1 aliphatic carbocycles. The van der Waals surface area contributed by atoms with E-state index in [0.29, 0.717) is 6.04 Å². The molecule has 1 heteroatoms. The van der Waals surface area contributed by atoms with E-state index >= 15 is 0 Å². The molecule has 0 aromatic rings. The third-order valence-corrected chi connectivity index (χ3v) is 3.53. The van der Waals surface area contributed by atoms with Gasteiger partial charge >= 0.3 is 0 Å². The fourth-order valence-electron chi connectivity index (χ4n) is 2.52. The molecule has 86 valence electrons. The second kappa shape index (κ2) is 7.77. The lowest BCUT2D eigenvalue weighted by atomic mass is 9.84. The number of hydrogen-bond acceptors (Lipinski definition) is 1. The van der Waals surface area contributed by atoms with Crippen LogP contribution >= 0.6 is 0 Å². The molecule has 1 atom stereocenters. The summed E-state index contributed by atoms with van der Waals surface area (Å²) in [5.41, 5.74) is 6.24. The summed E-state index contributed by atoms with van der Waals surface area (Å²) in [6.45, 7) is 1.90. The van der Waals surface area contributed by atoms with E-state index in [0.717, 1.165) is 18.8 Å². The number of nitrogens with two attached hydrogens (primary N) is 1. The van der Waals surface area contributed by atoms with Crippen LogP contribution in [-0.2, 0) is 0 Å². The summed E-state index contributed by atoms with van der Waals surface area (Å²) >= 11 is 0. The second-order valence-corrected chi connectivity index (χ2v) is 4.73. The lowest BCUT2D eigenvalue weighted by Gasteiger charge is -2.25. The van der Waals surface area contributed by atoms with Crippen molar-refractivity contribution < 1.29 is 0 Å². The third-order valence-electron chi connectivity index (χ3n) is 3.53. The molecule has 0 bridgehead atoms. The van der Waals surface area contributed by atoms with E-state index in [1.807, 2.05) is 6.92 Å². The van der Waals surface area contributed by atoms with Gasteiger partial charge in [-0.15, -0.1) is 11.8 Å². The Kier molecular flexibility index (Phi) is 6.52. The van der Waals surface area contributed by atoms with Crippen molar-refractivity contribution in [2.75, 3.05) is 0 Å². The Morgan fingerprint density at radius 1 is 1.13 bits per heavy atom. The van der Waals surface area contributed by atoms with Crippen LogP contribution in [0, 0.1) is 17.8 Å². The average Bonchev–Trinajstić information content (AvgIpc) is 2.17. The van der Waals surface area contributed by atoms with Gasteiger partial charge in [0.05, 0.1) is 0 Å². The third kappa shape index (κ3) is 5.23. The highest BCUT2D eigenvalue weighted by Crippen LogP contribution is 2.25. The Labute approximate surface area is 94.8 Å². The highest BCUT2D eigenvalue weighted by atomic mass is 14.6. The van der Waals surface area contributed by atoms with Crippen molar-refractivity contribution in [1.82, 2.24) is 0 Å². The molecule has 15 heavy (non-hydrogen) atoms. The summed E-state index contributed by atoms with van der Waals surface area (Å²) in [7, 11) is 0. The highest BCUT2D eigenvalue weighted by Gasteiger charge is 2.17. The van der Waals surface area contributed by atoms with Gasteiger partial charge in [0.2, 0.25) is 0 Å². The first-order valence-electron chi connectivity index (χ1n) is 6.49. The van der Waals surface area contributed by atoms with E-state index < -0.39 is 0 Å². The SMILES string of the molecule is CC#CCCC(N)C1CCCCCCC1. The molecule has 0 saturated heterocycles. The van der Waals surface area contributed by atoms with Crippen LogP contribution in [0.4, 0.5) is 0 Å². The van der Waals surface area contributed by atoms with Gasteiger partial charge in [0, 0.05) is 12.5 Å². The monoisotopic (exact) mass is 207 g/mol. The Hall–Kier alpha value is -0.480. The second-order valence-electron chi connectivity index (χ2n) is 4.73. The molecular weight excluding hydrogens is 182 g/mol. The maximum Gasteiger partial charge on any atom is 0.0103 e. The van der Waals surface area contributed by atoms with Gasteiger partial charge in [0.15, 0.2) is 0 Å². The fraction of sp³-hybridized carbons (Fsp3) is 0.857. The highest BCUT2D eigenvalue weighted by molar-refractivity contribution is 4.95. The molecule has 0 radical (unpaired) electrons. The summed E-state index contributed by atoms with van der Waals surface area (Å²) in [5, 5.41) is 0. The zero-order valence-corrected chi connectivity index (χ0v) is 10.1. The zero-order chi connectivity index (χ0) is 10.9. The first kappa shape index (κ1) is 12.6. The van der Waals surface area contributed by atoms with Crippen LogP contribution in [0.15, 0.2) is 0 Å². The maximum absolute atomic E-state index is 6.24. The van der Waals surface area contributed by atoms with Gasteiger partial charge in [0.1, 0.15) is 0 Å². The quantitative estimate of drug-likeness (QED) is 0.704. The standard InChI is InChI=1S/C14H25N/c1-2-3-7-12-14(15)13-10-8-5-4-6-9-11-13/h13-14H,4-12,15H2,1H3.